The Balaban J connectivity index is 1.78. The van der Waals surface area contributed by atoms with E-state index >= 15 is 0 Å². The van der Waals surface area contributed by atoms with Gasteiger partial charge in [0.05, 0.1) is 11.9 Å². The molecule has 0 aromatic carbocycles. The second-order valence-corrected chi connectivity index (χ2v) is 4.98. The number of carbonyl (C=O) groups excluding carboxylic acids is 1. The zero-order chi connectivity index (χ0) is 13.0. The summed E-state index contributed by atoms with van der Waals surface area (Å²) in [5, 5.41) is 7.64. The van der Waals surface area contributed by atoms with E-state index in [1.54, 1.807) is 6.20 Å². The fourth-order valence-corrected chi connectivity index (χ4v) is 2.21. The minimum atomic E-state index is -0.247. The molecule has 1 aromatic heterocycles. The summed E-state index contributed by atoms with van der Waals surface area (Å²) in [6.07, 6.45) is 5.96. The first kappa shape index (κ1) is 13.0. The van der Waals surface area contributed by atoms with Gasteiger partial charge in [0.25, 0.3) is 0 Å². The average molecular weight is 252 g/mol. The number of rotatable bonds is 4. The Morgan fingerprint density at radius 3 is 2.83 bits per heavy atom. The molecule has 1 heterocycles. The van der Waals surface area contributed by atoms with Crippen LogP contribution in [0.2, 0.25) is 0 Å². The van der Waals surface area contributed by atoms with E-state index in [1.165, 1.54) is 4.68 Å². The van der Waals surface area contributed by atoms with Gasteiger partial charge in [0, 0.05) is 6.54 Å². The Labute approximate surface area is 106 Å². The van der Waals surface area contributed by atoms with Crippen molar-refractivity contribution in [1.82, 2.24) is 15.0 Å². The molecule has 0 spiro atoms. The van der Waals surface area contributed by atoms with Crippen LogP contribution < -0.4 is 5.73 Å². The maximum Gasteiger partial charge on any atom is 0.328 e. The highest BCUT2D eigenvalue weighted by atomic mass is 16.5. The van der Waals surface area contributed by atoms with Crippen molar-refractivity contribution >= 4 is 5.97 Å². The van der Waals surface area contributed by atoms with Crippen LogP contribution in [-0.4, -0.2) is 27.1 Å². The number of aromatic nitrogens is 3. The zero-order valence-corrected chi connectivity index (χ0v) is 10.7. The third kappa shape index (κ3) is 3.53. The van der Waals surface area contributed by atoms with Gasteiger partial charge in [-0.25, -0.2) is 4.68 Å². The van der Waals surface area contributed by atoms with Crippen molar-refractivity contribution in [3.05, 3.63) is 11.9 Å². The highest BCUT2D eigenvalue weighted by Gasteiger charge is 2.21. The quantitative estimate of drug-likeness (QED) is 0.803. The molecule has 6 heteroatoms. The first-order valence-corrected chi connectivity index (χ1v) is 6.46. The highest BCUT2D eigenvalue weighted by Crippen LogP contribution is 2.25. The van der Waals surface area contributed by atoms with Crippen molar-refractivity contribution in [2.75, 3.05) is 0 Å². The normalized spacial score (nSPS) is 23.9. The first-order chi connectivity index (χ1) is 8.67. The lowest BCUT2D eigenvalue weighted by molar-refractivity contribution is -0.151. The van der Waals surface area contributed by atoms with Crippen molar-refractivity contribution in [2.45, 2.75) is 51.8 Å². The summed E-state index contributed by atoms with van der Waals surface area (Å²) in [4.78, 5) is 11.7. The molecule has 2 N–H and O–H groups in total. The average Bonchev–Trinajstić information content (AvgIpc) is 2.79. The number of carbonyl (C=O) groups is 1. The van der Waals surface area contributed by atoms with Gasteiger partial charge in [-0.2, -0.15) is 0 Å². The maximum absolute atomic E-state index is 11.7. The van der Waals surface area contributed by atoms with Gasteiger partial charge in [0.1, 0.15) is 12.6 Å². The van der Waals surface area contributed by atoms with E-state index < -0.39 is 0 Å². The SMILES string of the molecule is CC1CCC(OC(=O)Cn2cc(CN)nn2)CC1. The van der Waals surface area contributed by atoms with Gasteiger partial charge >= 0.3 is 5.97 Å². The third-order valence-electron chi connectivity index (χ3n) is 3.35. The predicted molar refractivity (Wildman–Crippen MR) is 65.4 cm³/mol. The van der Waals surface area contributed by atoms with Gasteiger partial charge in [-0.15, -0.1) is 5.10 Å². The minimum Gasteiger partial charge on any atom is -0.461 e. The number of ether oxygens (including phenoxy) is 1. The van der Waals surface area contributed by atoms with Crippen LogP contribution in [0, 0.1) is 5.92 Å². The number of hydrogen-bond donors (Lipinski definition) is 1. The Morgan fingerprint density at radius 2 is 2.22 bits per heavy atom. The van der Waals surface area contributed by atoms with Crippen LogP contribution in [0.3, 0.4) is 0 Å². The van der Waals surface area contributed by atoms with E-state index in [0.717, 1.165) is 31.6 Å². The van der Waals surface area contributed by atoms with Crippen LogP contribution in [0.15, 0.2) is 6.20 Å². The number of esters is 1. The molecule has 0 saturated heterocycles. The number of hydrogen-bond acceptors (Lipinski definition) is 5. The molecule has 100 valence electrons. The Hall–Kier alpha value is -1.43. The van der Waals surface area contributed by atoms with E-state index in [4.69, 9.17) is 10.5 Å². The summed E-state index contributed by atoms with van der Waals surface area (Å²) >= 11 is 0. The molecule has 0 radical (unpaired) electrons. The van der Waals surface area contributed by atoms with E-state index in [0.29, 0.717) is 12.2 Å². The molecule has 1 aliphatic rings. The largest absolute Gasteiger partial charge is 0.461 e. The minimum absolute atomic E-state index is 0.0752. The molecule has 2 rings (SSSR count). The van der Waals surface area contributed by atoms with Crippen molar-refractivity contribution in [2.24, 2.45) is 11.7 Å². The van der Waals surface area contributed by atoms with Crippen LogP contribution >= 0.6 is 0 Å². The molecule has 1 fully saturated rings. The summed E-state index contributed by atoms with van der Waals surface area (Å²) in [5.41, 5.74) is 6.10. The second kappa shape index (κ2) is 5.95. The molecule has 0 unspecified atom stereocenters. The lowest BCUT2D eigenvalue weighted by atomic mass is 9.89. The smallest absolute Gasteiger partial charge is 0.328 e. The van der Waals surface area contributed by atoms with Crippen molar-refractivity contribution < 1.29 is 9.53 Å². The monoisotopic (exact) mass is 252 g/mol. The molecule has 1 aliphatic carbocycles. The topological polar surface area (TPSA) is 83.0 Å². The summed E-state index contributed by atoms with van der Waals surface area (Å²) in [7, 11) is 0. The fraction of sp³-hybridized carbons (Fsp3) is 0.750. The maximum atomic E-state index is 11.7. The lowest BCUT2D eigenvalue weighted by Gasteiger charge is -2.25. The van der Waals surface area contributed by atoms with E-state index in [2.05, 4.69) is 17.2 Å². The molecule has 0 atom stereocenters. The van der Waals surface area contributed by atoms with Crippen molar-refractivity contribution in [3.8, 4) is 0 Å². The van der Waals surface area contributed by atoms with Gasteiger partial charge in [0.2, 0.25) is 0 Å². The van der Waals surface area contributed by atoms with Crippen LogP contribution in [0.25, 0.3) is 0 Å². The molecule has 18 heavy (non-hydrogen) atoms. The molecule has 1 saturated carbocycles. The summed E-state index contributed by atoms with van der Waals surface area (Å²) in [5.74, 6) is 0.505. The molecule has 0 aliphatic heterocycles. The number of nitrogens with zero attached hydrogens (tertiary/aromatic N) is 3. The first-order valence-electron chi connectivity index (χ1n) is 6.46. The zero-order valence-electron chi connectivity index (χ0n) is 10.7. The predicted octanol–water partition coefficient (Wildman–Crippen LogP) is 0.859. The lowest BCUT2D eigenvalue weighted by Crippen LogP contribution is -2.25. The van der Waals surface area contributed by atoms with Crippen LogP contribution in [0.5, 0.6) is 0 Å². The Kier molecular flexibility index (Phi) is 4.30. The molecule has 0 amide bonds. The Morgan fingerprint density at radius 1 is 1.50 bits per heavy atom. The van der Waals surface area contributed by atoms with Gasteiger partial charge < -0.3 is 10.5 Å². The fourth-order valence-electron chi connectivity index (χ4n) is 2.21. The highest BCUT2D eigenvalue weighted by molar-refractivity contribution is 5.69. The molecular formula is C12H20N4O2. The van der Waals surface area contributed by atoms with Crippen molar-refractivity contribution in [3.63, 3.8) is 0 Å². The van der Waals surface area contributed by atoms with E-state index in [-0.39, 0.29) is 18.6 Å². The van der Waals surface area contributed by atoms with Gasteiger partial charge in [-0.1, -0.05) is 12.1 Å². The van der Waals surface area contributed by atoms with Crippen LogP contribution in [0.1, 0.15) is 38.3 Å². The summed E-state index contributed by atoms with van der Waals surface area (Å²) < 4.78 is 6.90. The van der Waals surface area contributed by atoms with E-state index in [1.807, 2.05) is 0 Å². The number of nitrogens with two attached hydrogens (primary N) is 1. The molecule has 0 bridgehead atoms. The summed E-state index contributed by atoms with van der Waals surface area (Å²) in [6.45, 7) is 2.68. The summed E-state index contributed by atoms with van der Waals surface area (Å²) in [6, 6.07) is 0. The third-order valence-corrected chi connectivity index (χ3v) is 3.35. The van der Waals surface area contributed by atoms with Crippen molar-refractivity contribution in [1.29, 1.82) is 0 Å². The molecular weight excluding hydrogens is 232 g/mol. The van der Waals surface area contributed by atoms with E-state index in [9.17, 15) is 4.79 Å². The van der Waals surface area contributed by atoms with Gasteiger partial charge in [-0.05, 0) is 31.6 Å². The standard InChI is InChI=1S/C12H20N4O2/c1-9-2-4-11(5-3-9)18-12(17)8-16-7-10(6-13)14-15-16/h7,9,11H,2-6,8,13H2,1H3. The molecule has 1 aromatic rings. The van der Waals surface area contributed by atoms with Crippen LogP contribution in [-0.2, 0) is 22.6 Å². The second-order valence-electron chi connectivity index (χ2n) is 4.98. The van der Waals surface area contributed by atoms with Gasteiger partial charge in [-0.3, -0.25) is 4.79 Å². The molecule has 6 nitrogen and oxygen atoms in total. The van der Waals surface area contributed by atoms with Crippen LogP contribution in [0.4, 0.5) is 0 Å². The van der Waals surface area contributed by atoms with Gasteiger partial charge in [0.15, 0.2) is 0 Å². The Bertz CT molecular complexity index is 397.